The molecule has 2 rings (SSSR count). The predicted octanol–water partition coefficient (Wildman–Crippen LogP) is 1.06. The third-order valence-electron chi connectivity index (χ3n) is 2.40. The second-order valence-electron chi connectivity index (χ2n) is 3.70. The molecule has 0 radical (unpaired) electrons. The molecule has 0 spiro atoms. The summed E-state index contributed by atoms with van der Waals surface area (Å²) in [5.74, 6) is -1.24. The molecule has 17 heavy (non-hydrogen) atoms. The van der Waals surface area contributed by atoms with Gasteiger partial charge in [-0.2, -0.15) is 5.10 Å². The lowest BCUT2D eigenvalue weighted by Crippen LogP contribution is -2.22. The van der Waals surface area contributed by atoms with Crippen molar-refractivity contribution in [1.82, 2.24) is 10.2 Å². The summed E-state index contributed by atoms with van der Waals surface area (Å²) in [6, 6.07) is 11.3. The lowest BCUT2D eigenvalue weighted by Gasteiger charge is -2.01. The van der Waals surface area contributed by atoms with Gasteiger partial charge >= 0.3 is 5.97 Å². The van der Waals surface area contributed by atoms with Gasteiger partial charge in [-0.3, -0.25) is 5.10 Å². The number of H-pyrrole nitrogens is 1. The lowest BCUT2D eigenvalue weighted by molar-refractivity contribution is -0.146. The molecule has 0 fully saturated rings. The van der Waals surface area contributed by atoms with E-state index in [1.54, 1.807) is 6.07 Å². The Hall–Kier alpha value is -2.14. The zero-order valence-corrected chi connectivity index (χ0v) is 9.00. The van der Waals surface area contributed by atoms with Gasteiger partial charge in [-0.05, 0) is 6.07 Å². The van der Waals surface area contributed by atoms with Gasteiger partial charge in [0.05, 0.1) is 5.69 Å². The van der Waals surface area contributed by atoms with Gasteiger partial charge in [-0.15, -0.1) is 0 Å². The number of hydrogen-bond acceptors (Lipinski definition) is 3. The Morgan fingerprint density at radius 1 is 1.35 bits per heavy atom. The van der Waals surface area contributed by atoms with Crippen molar-refractivity contribution in [2.75, 3.05) is 0 Å². The summed E-state index contributed by atoms with van der Waals surface area (Å²) < 4.78 is 0. The maximum Gasteiger partial charge on any atom is 0.332 e. The number of aliphatic carboxylic acids is 1. The minimum Gasteiger partial charge on any atom is -0.479 e. The van der Waals surface area contributed by atoms with E-state index in [1.807, 2.05) is 30.3 Å². The normalized spacial score (nSPS) is 12.3. The summed E-state index contributed by atoms with van der Waals surface area (Å²) in [4.78, 5) is 10.5. The van der Waals surface area contributed by atoms with Gasteiger partial charge in [0, 0.05) is 17.7 Å². The summed E-state index contributed by atoms with van der Waals surface area (Å²) in [5, 5.41) is 24.6. The number of benzene rings is 1. The number of carboxylic acid groups (broad SMARTS) is 1. The fourth-order valence-electron chi connectivity index (χ4n) is 1.52. The molecule has 1 aromatic heterocycles. The molecule has 5 heteroatoms. The van der Waals surface area contributed by atoms with Crippen LogP contribution in [-0.2, 0) is 11.2 Å². The first kappa shape index (κ1) is 11.3. The molecule has 0 aliphatic heterocycles. The number of rotatable bonds is 4. The molecule has 1 heterocycles. The molecule has 0 aliphatic carbocycles. The molecule has 1 atom stereocenters. The Labute approximate surface area is 97.7 Å². The Morgan fingerprint density at radius 3 is 2.71 bits per heavy atom. The van der Waals surface area contributed by atoms with Crippen LogP contribution in [0.1, 0.15) is 5.69 Å². The topological polar surface area (TPSA) is 86.2 Å². The van der Waals surface area contributed by atoms with Gasteiger partial charge < -0.3 is 10.2 Å². The van der Waals surface area contributed by atoms with Crippen molar-refractivity contribution in [3.63, 3.8) is 0 Å². The maximum atomic E-state index is 10.5. The predicted molar refractivity (Wildman–Crippen MR) is 61.4 cm³/mol. The summed E-state index contributed by atoms with van der Waals surface area (Å²) in [7, 11) is 0. The molecule has 0 saturated heterocycles. The van der Waals surface area contributed by atoms with E-state index < -0.39 is 12.1 Å². The van der Waals surface area contributed by atoms with Crippen molar-refractivity contribution in [2.45, 2.75) is 12.5 Å². The molecule has 1 aromatic carbocycles. The molecule has 0 amide bonds. The van der Waals surface area contributed by atoms with Crippen LogP contribution in [0.3, 0.4) is 0 Å². The zero-order chi connectivity index (χ0) is 12.3. The molecular formula is C12H12N2O3. The fraction of sp³-hybridized carbons (Fsp3) is 0.167. The van der Waals surface area contributed by atoms with Gasteiger partial charge in [0.25, 0.3) is 0 Å². The smallest absolute Gasteiger partial charge is 0.332 e. The summed E-state index contributed by atoms with van der Waals surface area (Å²) in [6.45, 7) is 0. The van der Waals surface area contributed by atoms with E-state index in [-0.39, 0.29) is 6.42 Å². The fourth-order valence-corrected chi connectivity index (χ4v) is 1.52. The van der Waals surface area contributed by atoms with Crippen molar-refractivity contribution in [3.8, 4) is 11.3 Å². The van der Waals surface area contributed by atoms with Crippen molar-refractivity contribution in [1.29, 1.82) is 0 Å². The quantitative estimate of drug-likeness (QED) is 0.735. The summed E-state index contributed by atoms with van der Waals surface area (Å²) >= 11 is 0. The van der Waals surface area contributed by atoms with Crippen LogP contribution in [0.15, 0.2) is 36.4 Å². The van der Waals surface area contributed by atoms with Crippen LogP contribution < -0.4 is 0 Å². The molecule has 1 unspecified atom stereocenters. The molecule has 5 nitrogen and oxygen atoms in total. The molecule has 88 valence electrons. The first-order valence-corrected chi connectivity index (χ1v) is 5.17. The van der Waals surface area contributed by atoms with E-state index in [1.165, 1.54) is 0 Å². The van der Waals surface area contributed by atoms with E-state index in [0.29, 0.717) is 5.69 Å². The number of aliphatic hydroxyl groups is 1. The van der Waals surface area contributed by atoms with Crippen molar-refractivity contribution in [3.05, 3.63) is 42.1 Å². The number of carbonyl (C=O) groups is 1. The van der Waals surface area contributed by atoms with Crippen molar-refractivity contribution < 1.29 is 15.0 Å². The van der Waals surface area contributed by atoms with Crippen LogP contribution in [0, 0.1) is 0 Å². The highest BCUT2D eigenvalue weighted by molar-refractivity contribution is 5.72. The number of carboxylic acids is 1. The molecule has 0 bridgehead atoms. The maximum absolute atomic E-state index is 10.5. The molecular weight excluding hydrogens is 220 g/mol. The number of aromatic amines is 1. The number of aliphatic hydroxyl groups excluding tert-OH is 1. The number of nitrogens with one attached hydrogen (secondary N) is 1. The van der Waals surface area contributed by atoms with E-state index in [9.17, 15) is 9.90 Å². The molecule has 2 aromatic rings. The number of nitrogens with zero attached hydrogens (tertiary/aromatic N) is 1. The van der Waals surface area contributed by atoms with Gasteiger partial charge in [0.2, 0.25) is 0 Å². The lowest BCUT2D eigenvalue weighted by atomic mass is 10.1. The third-order valence-corrected chi connectivity index (χ3v) is 2.40. The Morgan fingerprint density at radius 2 is 2.06 bits per heavy atom. The van der Waals surface area contributed by atoms with E-state index in [4.69, 9.17) is 5.11 Å². The Bertz CT molecular complexity index is 507. The van der Waals surface area contributed by atoms with Crippen LogP contribution in [0.2, 0.25) is 0 Å². The van der Waals surface area contributed by atoms with Crippen molar-refractivity contribution >= 4 is 5.97 Å². The standard InChI is InChI=1S/C12H12N2O3/c15-11(12(16)17)7-9-6-10(14-13-9)8-4-2-1-3-5-8/h1-6,11,15H,7H2,(H,13,14)(H,16,17). The van der Waals surface area contributed by atoms with Crippen molar-refractivity contribution in [2.24, 2.45) is 0 Å². The average Bonchev–Trinajstić information content (AvgIpc) is 2.78. The first-order valence-electron chi connectivity index (χ1n) is 5.17. The minimum atomic E-state index is -1.40. The highest BCUT2D eigenvalue weighted by Gasteiger charge is 2.15. The molecule has 0 saturated carbocycles. The number of aromatic nitrogens is 2. The van der Waals surface area contributed by atoms with Gasteiger partial charge in [0.15, 0.2) is 6.10 Å². The van der Waals surface area contributed by atoms with Crippen LogP contribution in [0.4, 0.5) is 0 Å². The number of hydrogen-bond donors (Lipinski definition) is 3. The monoisotopic (exact) mass is 232 g/mol. The largest absolute Gasteiger partial charge is 0.479 e. The third kappa shape index (κ3) is 2.70. The highest BCUT2D eigenvalue weighted by atomic mass is 16.4. The minimum absolute atomic E-state index is 0.0230. The summed E-state index contributed by atoms with van der Waals surface area (Å²) in [6.07, 6.45) is -1.38. The molecule has 0 aliphatic rings. The summed E-state index contributed by atoms with van der Waals surface area (Å²) in [5.41, 5.74) is 2.27. The van der Waals surface area contributed by atoms with Gasteiger partial charge in [-0.1, -0.05) is 30.3 Å². The first-order chi connectivity index (χ1) is 8.16. The van der Waals surface area contributed by atoms with Crippen LogP contribution in [0.25, 0.3) is 11.3 Å². The highest BCUT2D eigenvalue weighted by Crippen LogP contribution is 2.17. The second kappa shape index (κ2) is 4.80. The molecule has 3 N–H and O–H groups in total. The van der Waals surface area contributed by atoms with Gasteiger partial charge in [-0.25, -0.2) is 4.79 Å². The van der Waals surface area contributed by atoms with Gasteiger partial charge in [0.1, 0.15) is 0 Å². The average molecular weight is 232 g/mol. The Balaban J connectivity index is 2.14. The van der Waals surface area contributed by atoms with Crippen LogP contribution >= 0.6 is 0 Å². The second-order valence-corrected chi connectivity index (χ2v) is 3.70. The zero-order valence-electron chi connectivity index (χ0n) is 9.00. The van der Waals surface area contributed by atoms with E-state index >= 15 is 0 Å². The van der Waals surface area contributed by atoms with Crippen LogP contribution in [-0.4, -0.2) is 32.5 Å². The van der Waals surface area contributed by atoms with E-state index in [0.717, 1.165) is 11.3 Å². The Kier molecular flexibility index (Phi) is 3.20. The SMILES string of the molecule is O=C(O)C(O)Cc1cc(-c2ccccc2)n[nH]1. The van der Waals surface area contributed by atoms with Crippen LogP contribution in [0.5, 0.6) is 0 Å². The van der Waals surface area contributed by atoms with E-state index in [2.05, 4.69) is 10.2 Å².